The van der Waals surface area contributed by atoms with Crippen molar-refractivity contribution in [2.45, 2.75) is 18.9 Å². The average Bonchev–Trinajstić information content (AvgIpc) is 2.33. The summed E-state index contributed by atoms with van der Waals surface area (Å²) in [4.78, 5) is 14.0. The van der Waals surface area contributed by atoms with Gasteiger partial charge in [0.05, 0.1) is 9.40 Å². The fourth-order valence-electron chi connectivity index (χ4n) is 1.68. The summed E-state index contributed by atoms with van der Waals surface area (Å²) in [6, 6.07) is 1.40. The zero-order valence-electron chi connectivity index (χ0n) is 9.06. The van der Waals surface area contributed by atoms with Gasteiger partial charge in [0.25, 0.3) is 5.69 Å². The first-order valence-corrected chi connectivity index (χ1v) is 6.13. The molecular formula is C10H12BrN3O3. The number of rotatable bonds is 3. The molecule has 1 unspecified atom stereocenters. The molecule has 7 heteroatoms. The van der Waals surface area contributed by atoms with Crippen LogP contribution in [0.15, 0.2) is 16.7 Å². The summed E-state index contributed by atoms with van der Waals surface area (Å²) >= 11 is 3.23. The van der Waals surface area contributed by atoms with Gasteiger partial charge >= 0.3 is 0 Å². The fraction of sp³-hybridized carbons (Fsp3) is 0.500. The van der Waals surface area contributed by atoms with Crippen LogP contribution in [0.2, 0.25) is 0 Å². The van der Waals surface area contributed by atoms with E-state index >= 15 is 0 Å². The maximum atomic E-state index is 10.5. The van der Waals surface area contributed by atoms with Gasteiger partial charge in [-0.1, -0.05) is 0 Å². The molecule has 1 atom stereocenters. The second kappa shape index (κ2) is 5.42. The number of halogens is 1. The lowest BCUT2D eigenvalue weighted by molar-refractivity contribution is -0.385. The number of nitro groups is 1. The first kappa shape index (κ1) is 12.3. The highest BCUT2D eigenvalue weighted by Gasteiger charge is 2.18. The molecule has 0 aromatic carbocycles. The third kappa shape index (κ3) is 3.13. The van der Waals surface area contributed by atoms with Gasteiger partial charge in [0, 0.05) is 12.6 Å². The molecule has 1 aromatic heterocycles. The molecule has 92 valence electrons. The smallest absolute Gasteiger partial charge is 0.288 e. The molecule has 0 saturated carbocycles. The van der Waals surface area contributed by atoms with E-state index in [-0.39, 0.29) is 11.8 Å². The molecular weight excluding hydrogens is 290 g/mol. The molecule has 17 heavy (non-hydrogen) atoms. The van der Waals surface area contributed by atoms with E-state index in [0.29, 0.717) is 10.4 Å². The zero-order valence-corrected chi connectivity index (χ0v) is 10.6. The summed E-state index contributed by atoms with van der Waals surface area (Å²) in [5.41, 5.74) is -0.0500. The Morgan fingerprint density at radius 1 is 1.65 bits per heavy atom. The van der Waals surface area contributed by atoms with E-state index in [2.05, 4.69) is 26.2 Å². The maximum Gasteiger partial charge on any atom is 0.288 e. The van der Waals surface area contributed by atoms with Crippen molar-refractivity contribution in [2.75, 3.05) is 13.1 Å². The monoisotopic (exact) mass is 301 g/mol. The van der Waals surface area contributed by atoms with Gasteiger partial charge in [0.2, 0.25) is 5.88 Å². The highest BCUT2D eigenvalue weighted by atomic mass is 79.9. The van der Waals surface area contributed by atoms with E-state index in [0.717, 1.165) is 25.9 Å². The van der Waals surface area contributed by atoms with Gasteiger partial charge < -0.3 is 10.1 Å². The van der Waals surface area contributed by atoms with Crippen LogP contribution >= 0.6 is 15.9 Å². The first-order valence-electron chi connectivity index (χ1n) is 5.34. The summed E-state index contributed by atoms with van der Waals surface area (Å²) in [7, 11) is 0. The van der Waals surface area contributed by atoms with Gasteiger partial charge in [-0.2, -0.15) is 0 Å². The van der Waals surface area contributed by atoms with Crippen molar-refractivity contribution in [1.82, 2.24) is 10.3 Å². The van der Waals surface area contributed by atoms with E-state index in [1.807, 2.05) is 0 Å². The molecule has 0 bridgehead atoms. The number of hydrogen-bond donors (Lipinski definition) is 1. The van der Waals surface area contributed by atoms with Crippen molar-refractivity contribution in [2.24, 2.45) is 0 Å². The molecule has 1 fully saturated rings. The second-order valence-corrected chi connectivity index (χ2v) is 4.68. The highest BCUT2D eigenvalue weighted by Crippen LogP contribution is 2.27. The second-order valence-electron chi connectivity index (χ2n) is 3.82. The number of ether oxygens (including phenoxy) is 1. The molecule has 1 aliphatic heterocycles. The van der Waals surface area contributed by atoms with Crippen LogP contribution in [0.1, 0.15) is 12.8 Å². The third-order valence-corrected chi connectivity index (χ3v) is 3.10. The molecule has 6 nitrogen and oxygen atoms in total. The molecule has 0 radical (unpaired) electrons. The standard InChI is InChI=1S/C10H12BrN3O3/c11-9-4-7(14(15)16)5-13-10(9)17-8-2-1-3-12-6-8/h4-5,8,12H,1-3,6H2. The predicted octanol–water partition coefficient (Wildman–Crippen LogP) is 1.88. The van der Waals surface area contributed by atoms with Crippen LogP contribution in [0, 0.1) is 10.1 Å². The summed E-state index contributed by atoms with van der Waals surface area (Å²) < 4.78 is 6.19. The van der Waals surface area contributed by atoms with Crippen molar-refractivity contribution in [3.63, 3.8) is 0 Å². The Kier molecular flexibility index (Phi) is 3.90. The summed E-state index contributed by atoms with van der Waals surface area (Å²) in [6.45, 7) is 1.79. The van der Waals surface area contributed by atoms with Crippen molar-refractivity contribution in [3.8, 4) is 5.88 Å². The topological polar surface area (TPSA) is 77.3 Å². The third-order valence-electron chi connectivity index (χ3n) is 2.53. The lowest BCUT2D eigenvalue weighted by atomic mass is 10.1. The Morgan fingerprint density at radius 2 is 2.47 bits per heavy atom. The van der Waals surface area contributed by atoms with E-state index in [1.165, 1.54) is 12.3 Å². The SMILES string of the molecule is O=[N+]([O-])c1cnc(OC2CCCNC2)c(Br)c1. The normalized spacial score (nSPS) is 19.9. The van der Waals surface area contributed by atoms with Crippen LogP contribution in [-0.2, 0) is 0 Å². The van der Waals surface area contributed by atoms with E-state index < -0.39 is 4.92 Å². The van der Waals surface area contributed by atoms with Gasteiger partial charge in [0.1, 0.15) is 12.3 Å². The lowest BCUT2D eigenvalue weighted by Crippen LogP contribution is -2.37. The molecule has 2 heterocycles. The molecule has 1 aromatic rings. The molecule has 0 amide bonds. The largest absolute Gasteiger partial charge is 0.472 e. The number of pyridine rings is 1. The van der Waals surface area contributed by atoms with Gasteiger partial charge in [-0.3, -0.25) is 10.1 Å². The van der Waals surface area contributed by atoms with Crippen LogP contribution in [-0.4, -0.2) is 29.1 Å². The van der Waals surface area contributed by atoms with Crippen molar-refractivity contribution in [1.29, 1.82) is 0 Å². The van der Waals surface area contributed by atoms with Crippen LogP contribution < -0.4 is 10.1 Å². The number of nitrogens with zero attached hydrogens (tertiary/aromatic N) is 2. The van der Waals surface area contributed by atoms with Crippen LogP contribution in [0.3, 0.4) is 0 Å². The van der Waals surface area contributed by atoms with Crippen molar-refractivity contribution >= 4 is 21.6 Å². The van der Waals surface area contributed by atoms with Crippen LogP contribution in [0.25, 0.3) is 0 Å². The van der Waals surface area contributed by atoms with Crippen molar-refractivity contribution in [3.05, 3.63) is 26.9 Å². The Bertz CT molecular complexity index is 421. The van der Waals surface area contributed by atoms with Gasteiger partial charge in [0.15, 0.2) is 0 Å². The Hall–Kier alpha value is -1.21. The first-order chi connectivity index (χ1) is 8.16. The number of hydrogen-bond acceptors (Lipinski definition) is 5. The molecule has 2 rings (SSSR count). The lowest BCUT2D eigenvalue weighted by Gasteiger charge is -2.23. The van der Waals surface area contributed by atoms with Crippen LogP contribution in [0.5, 0.6) is 5.88 Å². The summed E-state index contributed by atoms with van der Waals surface area (Å²) in [5, 5.41) is 13.8. The van der Waals surface area contributed by atoms with Crippen LogP contribution in [0.4, 0.5) is 5.69 Å². The fourth-order valence-corrected chi connectivity index (χ4v) is 2.11. The van der Waals surface area contributed by atoms with Gasteiger partial charge in [-0.15, -0.1) is 0 Å². The van der Waals surface area contributed by atoms with Gasteiger partial charge in [-0.05, 0) is 35.3 Å². The Balaban J connectivity index is 2.08. The molecule has 1 N–H and O–H groups in total. The Labute approximate surface area is 107 Å². The van der Waals surface area contributed by atoms with E-state index in [4.69, 9.17) is 4.74 Å². The minimum absolute atomic E-state index is 0.0500. The predicted molar refractivity (Wildman–Crippen MR) is 65.1 cm³/mol. The van der Waals surface area contributed by atoms with E-state index in [1.54, 1.807) is 0 Å². The Morgan fingerprint density at radius 3 is 3.06 bits per heavy atom. The summed E-state index contributed by atoms with van der Waals surface area (Å²) in [5.74, 6) is 0.407. The maximum absolute atomic E-state index is 10.5. The number of piperidine rings is 1. The minimum Gasteiger partial charge on any atom is -0.472 e. The molecule has 0 aliphatic carbocycles. The summed E-state index contributed by atoms with van der Waals surface area (Å²) in [6.07, 6.45) is 3.32. The quantitative estimate of drug-likeness (QED) is 0.681. The molecule has 1 aliphatic rings. The number of nitrogens with one attached hydrogen (secondary N) is 1. The van der Waals surface area contributed by atoms with E-state index in [9.17, 15) is 10.1 Å². The molecule has 1 saturated heterocycles. The van der Waals surface area contributed by atoms with Crippen molar-refractivity contribution < 1.29 is 9.66 Å². The zero-order chi connectivity index (χ0) is 12.3. The highest BCUT2D eigenvalue weighted by molar-refractivity contribution is 9.10. The average molecular weight is 302 g/mol. The number of aromatic nitrogens is 1. The molecule has 0 spiro atoms. The minimum atomic E-state index is -0.482. The van der Waals surface area contributed by atoms with Gasteiger partial charge in [-0.25, -0.2) is 4.98 Å².